The van der Waals surface area contributed by atoms with Gasteiger partial charge in [0.05, 0.1) is 0 Å². The normalized spacial score (nSPS) is 10.6. The third-order valence-electron chi connectivity index (χ3n) is 4.13. The summed E-state index contributed by atoms with van der Waals surface area (Å²) in [5.74, 6) is 1.07. The zero-order valence-electron chi connectivity index (χ0n) is 15.2. The lowest BCUT2D eigenvalue weighted by Crippen LogP contribution is -2.33. The molecule has 26 heavy (non-hydrogen) atoms. The first-order valence-corrected chi connectivity index (χ1v) is 8.50. The molecule has 3 aromatic rings. The standard InChI is InChI=1S/C20H22N4O2/c1-14-9-10-17(15(2)13-14)21-20(25)24(3)12-11-18-22-19(26-23-18)16-7-5-4-6-8-16/h4-10,13H,11-12H2,1-3H3,(H,21,25). The maximum Gasteiger partial charge on any atom is 0.321 e. The van der Waals surface area contributed by atoms with E-state index in [2.05, 4.69) is 15.5 Å². The Hall–Kier alpha value is -3.15. The second kappa shape index (κ2) is 7.82. The van der Waals surface area contributed by atoms with Crippen molar-refractivity contribution in [2.75, 3.05) is 18.9 Å². The highest BCUT2D eigenvalue weighted by Gasteiger charge is 2.13. The molecule has 0 atom stereocenters. The fourth-order valence-corrected chi connectivity index (χ4v) is 2.59. The molecule has 1 aromatic heterocycles. The zero-order valence-corrected chi connectivity index (χ0v) is 15.2. The third kappa shape index (κ3) is 4.27. The number of benzene rings is 2. The van der Waals surface area contributed by atoms with Gasteiger partial charge < -0.3 is 14.7 Å². The van der Waals surface area contributed by atoms with Crippen molar-refractivity contribution in [1.82, 2.24) is 15.0 Å². The molecule has 2 amide bonds. The molecule has 0 saturated carbocycles. The number of rotatable bonds is 5. The van der Waals surface area contributed by atoms with Crippen LogP contribution >= 0.6 is 0 Å². The highest BCUT2D eigenvalue weighted by molar-refractivity contribution is 5.90. The summed E-state index contributed by atoms with van der Waals surface area (Å²) in [5, 5.41) is 6.91. The van der Waals surface area contributed by atoms with E-state index in [1.807, 2.05) is 62.4 Å². The molecule has 0 unspecified atom stereocenters. The highest BCUT2D eigenvalue weighted by Crippen LogP contribution is 2.17. The number of carbonyl (C=O) groups excluding carboxylic acids is 1. The lowest BCUT2D eigenvalue weighted by atomic mass is 10.1. The van der Waals surface area contributed by atoms with Crippen molar-refractivity contribution in [3.05, 3.63) is 65.5 Å². The molecule has 1 N–H and O–H groups in total. The van der Waals surface area contributed by atoms with E-state index in [-0.39, 0.29) is 6.03 Å². The van der Waals surface area contributed by atoms with E-state index in [0.717, 1.165) is 16.8 Å². The van der Waals surface area contributed by atoms with Gasteiger partial charge in [-0.15, -0.1) is 0 Å². The Labute approximate surface area is 152 Å². The number of nitrogens with one attached hydrogen (secondary N) is 1. The first kappa shape index (κ1) is 17.7. The van der Waals surface area contributed by atoms with Crippen molar-refractivity contribution in [3.63, 3.8) is 0 Å². The minimum Gasteiger partial charge on any atom is -0.334 e. The molecule has 6 nitrogen and oxygen atoms in total. The van der Waals surface area contributed by atoms with Gasteiger partial charge in [0.15, 0.2) is 5.82 Å². The number of anilines is 1. The molecule has 0 aliphatic heterocycles. The molecular formula is C20H22N4O2. The fraction of sp³-hybridized carbons (Fsp3) is 0.250. The van der Waals surface area contributed by atoms with E-state index in [0.29, 0.717) is 24.7 Å². The van der Waals surface area contributed by atoms with Crippen molar-refractivity contribution < 1.29 is 9.32 Å². The molecule has 0 spiro atoms. The molecule has 0 aliphatic carbocycles. The van der Waals surface area contributed by atoms with E-state index in [4.69, 9.17) is 4.52 Å². The molecular weight excluding hydrogens is 328 g/mol. The quantitative estimate of drug-likeness (QED) is 0.753. The van der Waals surface area contributed by atoms with E-state index < -0.39 is 0 Å². The largest absolute Gasteiger partial charge is 0.334 e. The lowest BCUT2D eigenvalue weighted by Gasteiger charge is -2.18. The van der Waals surface area contributed by atoms with Crippen LogP contribution in [0.1, 0.15) is 17.0 Å². The van der Waals surface area contributed by atoms with Crippen LogP contribution in [-0.4, -0.2) is 34.7 Å². The van der Waals surface area contributed by atoms with Gasteiger partial charge in [-0.25, -0.2) is 4.79 Å². The minimum atomic E-state index is -0.163. The number of aryl methyl sites for hydroxylation is 2. The van der Waals surface area contributed by atoms with E-state index >= 15 is 0 Å². The summed E-state index contributed by atoms with van der Waals surface area (Å²) in [6.45, 7) is 4.50. The van der Waals surface area contributed by atoms with Gasteiger partial charge in [0.2, 0.25) is 0 Å². The van der Waals surface area contributed by atoms with Gasteiger partial charge in [-0.05, 0) is 37.6 Å². The van der Waals surface area contributed by atoms with Gasteiger partial charge in [-0.3, -0.25) is 0 Å². The Kier molecular flexibility index (Phi) is 5.31. The van der Waals surface area contributed by atoms with Crippen LogP contribution < -0.4 is 5.32 Å². The maximum atomic E-state index is 12.3. The lowest BCUT2D eigenvalue weighted by molar-refractivity contribution is 0.222. The van der Waals surface area contributed by atoms with Crippen LogP contribution in [0.3, 0.4) is 0 Å². The topological polar surface area (TPSA) is 71.3 Å². The smallest absolute Gasteiger partial charge is 0.321 e. The number of hydrogen-bond donors (Lipinski definition) is 1. The van der Waals surface area contributed by atoms with Crippen LogP contribution in [0.5, 0.6) is 0 Å². The molecule has 2 aromatic carbocycles. The summed E-state index contributed by atoms with van der Waals surface area (Å²) < 4.78 is 5.29. The number of urea groups is 1. The Morgan fingerprint density at radius 3 is 2.65 bits per heavy atom. The Morgan fingerprint density at radius 2 is 1.92 bits per heavy atom. The van der Waals surface area contributed by atoms with Crippen molar-refractivity contribution in [2.24, 2.45) is 0 Å². The van der Waals surface area contributed by atoms with Crippen LogP contribution in [0, 0.1) is 13.8 Å². The molecule has 0 bridgehead atoms. The van der Waals surface area contributed by atoms with E-state index in [1.165, 1.54) is 5.56 Å². The highest BCUT2D eigenvalue weighted by atomic mass is 16.5. The van der Waals surface area contributed by atoms with Crippen molar-refractivity contribution in [1.29, 1.82) is 0 Å². The number of carbonyl (C=O) groups is 1. The Bertz CT molecular complexity index is 890. The van der Waals surface area contributed by atoms with Gasteiger partial charge >= 0.3 is 6.03 Å². The number of likely N-dealkylation sites (N-methyl/N-ethyl adjacent to an activating group) is 1. The molecule has 0 fully saturated rings. The summed E-state index contributed by atoms with van der Waals surface area (Å²) in [4.78, 5) is 18.3. The van der Waals surface area contributed by atoms with Crippen molar-refractivity contribution in [2.45, 2.75) is 20.3 Å². The molecule has 0 saturated heterocycles. The molecule has 134 valence electrons. The average molecular weight is 350 g/mol. The van der Waals surface area contributed by atoms with Gasteiger partial charge in [-0.2, -0.15) is 4.98 Å². The van der Waals surface area contributed by atoms with Crippen LogP contribution in [0.25, 0.3) is 11.5 Å². The molecule has 1 heterocycles. The van der Waals surface area contributed by atoms with Gasteiger partial charge in [0.1, 0.15) is 0 Å². The molecule has 3 rings (SSSR count). The van der Waals surface area contributed by atoms with E-state index in [1.54, 1.807) is 11.9 Å². The number of nitrogens with zero attached hydrogens (tertiary/aromatic N) is 3. The zero-order chi connectivity index (χ0) is 18.5. The Morgan fingerprint density at radius 1 is 1.15 bits per heavy atom. The van der Waals surface area contributed by atoms with Gasteiger partial charge in [0.25, 0.3) is 5.89 Å². The van der Waals surface area contributed by atoms with Gasteiger partial charge in [-0.1, -0.05) is 41.1 Å². The summed E-state index contributed by atoms with van der Waals surface area (Å²) in [6.07, 6.45) is 0.521. The van der Waals surface area contributed by atoms with Crippen LogP contribution in [0.2, 0.25) is 0 Å². The van der Waals surface area contributed by atoms with Crippen molar-refractivity contribution in [3.8, 4) is 11.5 Å². The minimum absolute atomic E-state index is 0.163. The molecule has 0 aliphatic rings. The Balaban J connectivity index is 1.56. The van der Waals surface area contributed by atoms with Crippen LogP contribution in [-0.2, 0) is 6.42 Å². The van der Waals surface area contributed by atoms with Crippen LogP contribution in [0.15, 0.2) is 53.1 Å². The monoisotopic (exact) mass is 350 g/mol. The summed E-state index contributed by atoms with van der Waals surface area (Å²) in [5.41, 5.74) is 3.91. The maximum absolute atomic E-state index is 12.3. The molecule has 0 radical (unpaired) electrons. The average Bonchev–Trinajstić information content (AvgIpc) is 3.11. The van der Waals surface area contributed by atoms with E-state index in [9.17, 15) is 4.79 Å². The number of hydrogen-bond acceptors (Lipinski definition) is 4. The summed E-state index contributed by atoms with van der Waals surface area (Å²) >= 11 is 0. The fourth-order valence-electron chi connectivity index (χ4n) is 2.59. The summed E-state index contributed by atoms with van der Waals surface area (Å²) in [7, 11) is 1.75. The predicted molar refractivity (Wildman–Crippen MR) is 101 cm³/mol. The second-order valence-electron chi connectivity index (χ2n) is 6.30. The third-order valence-corrected chi connectivity index (χ3v) is 4.13. The first-order chi connectivity index (χ1) is 12.5. The number of aromatic nitrogens is 2. The number of amides is 2. The van der Waals surface area contributed by atoms with Gasteiger partial charge in [0, 0.05) is 31.3 Å². The first-order valence-electron chi connectivity index (χ1n) is 8.50. The van der Waals surface area contributed by atoms with Crippen LogP contribution in [0.4, 0.5) is 10.5 Å². The molecule has 6 heteroatoms. The predicted octanol–water partition coefficient (Wildman–Crippen LogP) is 4.06. The SMILES string of the molecule is Cc1ccc(NC(=O)N(C)CCc2noc(-c3ccccc3)n2)c(C)c1. The second-order valence-corrected chi connectivity index (χ2v) is 6.30. The summed E-state index contributed by atoms with van der Waals surface area (Å²) in [6, 6.07) is 15.4. The van der Waals surface area contributed by atoms with Crippen molar-refractivity contribution >= 4 is 11.7 Å².